The van der Waals surface area contributed by atoms with Crippen LogP contribution in [0, 0.1) is 0 Å². The Kier molecular flexibility index (Phi) is 6.17. The summed E-state index contributed by atoms with van der Waals surface area (Å²) in [6.45, 7) is 5.36. The summed E-state index contributed by atoms with van der Waals surface area (Å²) in [5.41, 5.74) is 0.167. The van der Waals surface area contributed by atoms with Crippen molar-refractivity contribution in [3.63, 3.8) is 0 Å². The first kappa shape index (κ1) is 18.5. The summed E-state index contributed by atoms with van der Waals surface area (Å²) in [7, 11) is 0. The molecule has 0 spiro atoms. The maximum Gasteiger partial charge on any atom is 0.408 e. The molecule has 5 nitrogen and oxygen atoms in total. The van der Waals surface area contributed by atoms with E-state index in [9.17, 15) is 9.59 Å². The van der Waals surface area contributed by atoms with Crippen molar-refractivity contribution in [1.82, 2.24) is 5.32 Å². The van der Waals surface area contributed by atoms with Gasteiger partial charge in [-0.25, -0.2) is 4.79 Å². The van der Waals surface area contributed by atoms with Crippen LogP contribution in [0.15, 0.2) is 54.6 Å². The van der Waals surface area contributed by atoms with Crippen molar-refractivity contribution < 1.29 is 19.1 Å². The Morgan fingerprint density at radius 1 is 1.08 bits per heavy atom. The van der Waals surface area contributed by atoms with Gasteiger partial charge >= 0.3 is 6.09 Å². The second-order valence-corrected chi connectivity index (χ2v) is 6.59. The number of hydrogen-bond donors (Lipinski definition) is 1. The molecule has 0 bridgehead atoms. The van der Waals surface area contributed by atoms with Crippen LogP contribution in [0.5, 0.6) is 11.5 Å². The van der Waals surface area contributed by atoms with E-state index in [2.05, 4.69) is 5.32 Å². The molecule has 0 aliphatic rings. The highest BCUT2D eigenvalue weighted by Crippen LogP contribution is 2.25. The number of benzene rings is 2. The number of alkyl carbamates (subject to hydrolysis) is 1. The van der Waals surface area contributed by atoms with Crippen molar-refractivity contribution in [3.05, 3.63) is 60.2 Å². The smallest absolute Gasteiger partial charge is 0.408 e. The van der Waals surface area contributed by atoms with Crippen molar-refractivity contribution >= 4 is 12.4 Å². The Hall–Kier alpha value is -2.82. The number of ether oxygens (including phenoxy) is 2. The van der Waals surface area contributed by atoms with Crippen LogP contribution in [-0.2, 0) is 9.53 Å². The van der Waals surface area contributed by atoms with Crippen LogP contribution in [-0.4, -0.2) is 18.0 Å². The highest BCUT2D eigenvalue weighted by molar-refractivity contribution is 5.69. The molecule has 0 heterocycles. The predicted octanol–water partition coefficient (Wildman–Crippen LogP) is 4.63. The molecule has 0 aliphatic heterocycles. The predicted molar refractivity (Wildman–Crippen MR) is 95.7 cm³/mol. The Morgan fingerprint density at radius 3 is 2.40 bits per heavy atom. The summed E-state index contributed by atoms with van der Waals surface area (Å²) in [6, 6.07) is 16.2. The molecular weight excluding hydrogens is 318 g/mol. The standard InChI is InChI=1S/C20H23NO4/c1-20(2,3)25-19(23)21-18(12-13-22)15-8-7-11-17(14-15)24-16-9-5-4-6-10-16/h4-11,13-14,18H,12H2,1-3H3,(H,21,23)/t18-/m0/s1. The molecule has 0 saturated carbocycles. The van der Waals surface area contributed by atoms with Gasteiger partial charge in [0, 0.05) is 6.42 Å². The topological polar surface area (TPSA) is 64.6 Å². The molecule has 2 aromatic rings. The highest BCUT2D eigenvalue weighted by Gasteiger charge is 2.20. The van der Waals surface area contributed by atoms with Gasteiger partial charge in [-0.3, -0.25) is 0 Å². The molecule has 1 N–H and O–H groups in total. The van der Waals surface area contributed by atoms with Crippen LogP contribution in [0.3, 0.4) is 0 Å². The summed E-state index contributed by atoms with van der Waals surface area (Å²) in [5.74, 6) is 1.34. The average molecular weight is 341 g/mol. The molecule has 2 aromatic carbocycles. The van der Waals surface area contributed by atoms with E-state index in [1.165, 1.54) is 0 Å². The zero-order valence-electron chi connectivity index (χ0n) is 14.7. The molecule has 25 heavy (non-hydrogen) atoms. The minimum atomic E-state index is -0.603. The number of nitrogens with one attached hydrogen (secondary N) is 1. The first-order chi connectivity index (χ1) is 11.9. The third-order valence-electron chi connectivity index (χ3n) is 3.26. The minimum Gasteiger partial charge on any atom is -0.457 e. The number of hydrogen-bond acceptors (Lipinski definition) is 4. The van der Waals surface area contributed by atoms with E-state index >= 15 is 0 Å². The van der Waals surface area contributed by atoms with E-state index in [1.54, 1.807) is 26.8 Å². The van der Waals surface area contributed by atoms with Crippen molar-refractivity contribution in [2.75, 3.05) is 0 Å². The minimum absolute atomic E-state index is 0.147. The Balaban J connectivity index is 2.13. The zero-order chi connectivity index (χ0) is 18.3. The van der Waals surface area contributed by atoms with Crippen LogP contribution in [0.4, 0.5) is 4.79 Å². The largest absolute Gasteiger partial charge is 0.457 e. The van der Waals surface area contributed by atoms with E-state index in [0.29, 0.717) is 11.5 Å². The van der Waals surface area contributed by atoms with E-state index in [4.69, 9.17) is 9.47 Å². The van der Waals surface area contributed by atoms with Gasteiger partial charge in [-0.05, 0) is 50.6 Å². The molecule has 0 saturated heterocycles. The number of aldehydes is 1. The zero-order valence-corrected chi connectivity index (χ0v) is 14.7. The normalized spacial score (nSPS) is 12.1. The average Bonchev–Trinajstić information content (AvgIpc) is 2.54. The van der Waals surface area contributed by atoms with Gasteiger partial charge < -0.3 is 19.6 Å². The molecule has 1 amide bonds. The molecule has 0 unspecified atom stereocenters. The molecule has 0 fully saturated rings. The van der Waals surface area contributed by atoms with Gasteiger partial charge in [0.1, 0.15) is 23.4 Å². The number of carbonyl (C=O) groups is 2. The number of rotatable bonds is 6. The lowest BCUT2D eigenvalue weighted by molar-refractivity contribution is -0.108. The van der Waals surface area contributed by atoms with E-state index in [1.807, 2.05) is 48.5 Å². The van der Waals surface area contributed by atoms with Crippen molar-refractivity contribution in [2.24, 2.45) is 0 Å². The first-order valence-corrected chi connectivity index (χ1v) is 8.13. The Morgan fingerprint density at radius 2 is 1.76 bits per heavy atom. The summed E-state index contributed by atoms with van der Waals surface area (Å²) in [4.78, 5) is 23.0. The molecular formula is C20H23NO4. The third-order valence-corrected chi connectivity index (χ3v) is 3.26. The maximum atomic E-state index is 12.0. The summed E-state index contributed by atoms with van der Waals surface area (Å²) in [5, 5.41) is 2.73. The monoisotopic (exact) mass is 341 g/mol. The van der Waals surface area contributed by atoms with Crippen molar-refractivity contribution in [1.29, 1.82) is 0 Å². The van der Waals surface area contributed by atoms with Gasteiger partial charge in [-0.1, -0.05) is 30.3 Å². The van der Waals surface area contributed by atoms with E-state index < -0.39 is 17.7 Å². The fourth-order valence-electron chi connectivity index (χ4n) is 2.24. The van der Waals surface area contributed by atoms with Crippen LogP contribution >= 0.6 is 0 Å². The summed E-state index contributed by atoms with van der Waals surface area (Å²) < 4.78 is 11.1. The lowest BCUT2D eigenvalue weighted by Gasteiger charge is -2.23. The molecule has 0 radical (unpaired) electrons. The quantitative estimate of drug-likeness (QED) is 0.778. The molecule has 132 valence electrons. The van der Waals surface area contributed by atoms with Crippen molar-refractivity contribution in [3.8, 4) is 11.5 Å². The second-order valence-electron chi connectivity index (χ2n) is 6.59. The fourth-order valence-corrected chi connectivity index (χ4v) is 2.24. The Labute approximate surface area is 148 Å². The van der Waals surface area contributed by atoms with Crippen molar-refractivity contribution in [2.45, 2.75) is 38.8 Å². The van der Waals surface area contributed by atoms with Crippen LogP contribution in [0.25, 0.3) is 0 Å². The van der Waals surface area contributed by atoms with Crippen LogP contribution < -0.4 is 10.1 Å². The summed E-state index contributed by atoms with van der Waals surface area (Å²) in [6.07, 6.45) is 0.356. The fraction of sp³-hybridized carbons (Fsp3) is 0.300. The van der Waals surface area contributed by atoms with Gasteiger partial charge in [0.25, 0.3) is 0 Å². The third kappa shape index (κ3) is 6.30. The lowest BCUT2D eigenvalue weighted by Crippen LogP contribution is -2.35. The maximum absolute atomic E-state index is 12.0. The molecule has 5 heteroatoms. The number of carbonyl (C=O) groups excluding carboxylic acids is 2. The summed E-state index contributed by atoms with van der Waals surface area (Å²) >= 11 is 0. The van der Waals surface area contributed by atoms with Crippen LogP contribution in [0.1, 0.15) is 38.8 Å². The highest BCUT2D eigenvalue weighted by atomic mass is 16.6. The molecule has 0 aromatic heterocycles. The van der Waals surface area contributed by atoms with Gasteiger partial charge in [0.2, 0.25) is 0 Å². The number of amides is 1. The van der Waals surface area contributed by atoms with Gasteiger partial charge in [-0.15, -0.1) is 0 Å². The van der Waals surface area contributed by atoms with E-state index in [0.717, 1.165) is 11.8 Å². The van der Waals surface area contributed by atoms with Gasteiger partial charge in [-0.2, -0.15) is 0 Å². The lowest BCUT2D eigenvalue weighted by atomic mass is 10.0. The van der Waals surface area contributed by atoms with Crippen LogP contribution in [0.2, 0.25) is 0 Å². The first-order valence-electron chi connectivity index (χ1n) is 8.13. The number of para-hydroxylation sites is 1. The molecule has 1 atom stereocenters. The van der Waals surface area contributed by atoms with E-state index in [-0.39, 0.29) is 6.42 Å². The van der Waals surface area contributed by atoms with Gasteiger partial charge in [0.05, 0.1) is 6.04 Å². The molecule has 2 rings (SSSR count). The Bertz CT molecular complexity index is 707. The molecule has 0 aliphatic carbocycles. The SMILES string of the molecule is CC(C)(C)OC(=O)N[C@@H](CC=O)c1cccc(Oc2ccccc2)c1. The van der Waals surface area contributed by atoms with Gasteiger partial charge in [0.15, 0.2) is 0 Å². The second kappa shape index (κ2) is 8.33.